The molecule has 0 fully saturated rings. The van der Waals surface area contributed by atoms with E-state index in [4.69, 9.17) is 14.8 Å². The Morgan fingerprint density at radius 2 is 1.75 bits per heavy atom. The number of aliphatic hydroxyl groups excluding tert-OH is 1. The van der Waals surface area contributed by atoms with Crippen LogP contribution in [0.1, 0.15) is 74.4 Å². The first kappa shape index (κ1) is 34.9. The van der Waals surface area contributed by atoms with Crippen molar-refractivity contribution in [3.05, 3.63) is 22.2 Å². The number of hydrogen-bond acceptors (Lipinski definition) is 7. The van der Waals surface area contributed by atoms with E-state index >= 15 is 4.39 Å². The van der Waals surface area contributed by atoms with Crippen molar-refractivity contribution >= 4 is 50.6 Å². The van der Waals surface area contributed by atoms with Crippen molar-refractivity contribution < 1.29 is 32.0 Å². The van der Waals surface area contributed by atoms with Gasteiger partial charge in [-0.3, -0.25) is 9.79 Å². The Bertz CT molecular complexity index is 1260. The number of ether oxygens (including phenoxy) is 1. The van der Waals surface area contributed by atoms with Gasteiger partial charge in [0.1, 0.15) is 40.4 Å². The number of alkyl halides is 2. The number of aliphatic hydroxyl groups is 1. The van der Waals surface area contributed by atoms with Crippen LogP contribution in [-0.2, 0) is 24.8 Å². The quantitative estimate of drug-likeness (QED) is 0.188. The standard InChI is InChI=1S/C27H43BrF3N3O4SSi/c1-10-40(11-2,12-3)18-13-20(28)33-23(22(18)29)26(9)17-39(37,32-15-27(30,31)16-35)25(7,8)19(34-26)14-21(36)38-24(4,5)6/h13,35H,10-12,14-17H2,1-9H3/t26-,39+/m0/s1. The van der Waals surface area contributed by atoms with Gasteiger partial charge in [-0.15, -0.1) is 0 Å². The van der Waals surface area contributed by atoms with Crippen LogP contribution in [0.5, 0.6) is 0 Å². The van der Waals surface area contributed by atoms with E-state index in [1.54, 1.807) is 33.8 Å². The summed E-state index contributed by atoms with van der Waals surface area (Å²) in [4.78, 5) is 22.1. The number of carbonyl (C=O) groups is 1. The highest BCUT2D eigenvalue weighted by molar-refractivity contribution is 9.10. The summed E-state index contributed by atoms with van der Waals surface area (Å²) in [6.45, 7) is 13.2. The topological polar surface area (TPSA) is 101 Å². The molecule has 0 saturated heterocycles. The lowest BCUT2D eigenvalue weighted by Gasteiger charge is -2.42. The van der Waals surface area contributed by atoms with Crippen LogP contribution in [-0.4, -0.2) is 69.2 Å². The molecule has 0 saturated carbocycles. The molecule has 40 heavy (non-hydrogen) atoms. The second-order valence-electron chi connectivity index (χ2n) is 12.2. The Morgan fingerprint density at radius 3 is 2.23 bits per heavy atom. The summed E-state index contributed by atoms with van der Waals surface area (Å²) < 4.78 is 67.7. The Balaban J connectivity index is 2.90. The number of esters is 1. The van der Waals surface area contributed by atoms with E-state index in [1.165, 1.54) is 13.8 Å². The number of pyridine rings is 1. The molecular weight excluding hydrogens is 627 g/mol. The number of aliphatic imine (C=N–C) groups is 1. The number of nitrogens with zero attached hydrogens (tertiary/aromatic N) is 3. The van der Waals surface area contributed by atoms with Crippen molar-refractivity contribution in [2.45, 2.75) is 109 Å². The van der Waals surface area contributed by atoms with Gasteiger partial charge in [-0.05, 0) is 68.7 Å². The van der Waals surface area contributed by atoms with Crippen LogP contribution in [0.4, 0.5) is 13.2 Å². The number of hydrogen-bond donors (Lipinski definition) is 1. The van der Waals surface area contributed by atoms with E-state index in [1.807, 2.05) is 20.8 Å². The van der Waals surface area contributed by atoms with Gasteiger partial charge < -0.3 is 9.84 Å². The molecule has 1 aliphatic heterocycles. The average molecular weight is 671 g/mol. The zero-order valence-electron chi connectivity index (χ0n) is 25.0. The zero-order chi connectivity index (χ0) is 30.9. The highest BCUT2D eigenvalue weighted by Gasteiger charge is 2.51. The Morgan fingerprint density at radius 1 is 1.20 bits per heavy atom. The van der Waals surface area contributed by atoms with Crippen molar-refractivity contribution in [1.82, 2.24) is 4.98 Å². The van der Waals surface area contributed by atoms with Crippen LogP contribution in [0, 0.1) is 5.82 Å². The summed E-state index contributed by atoms with van der Waals surface area (Å²) >= 11 is 3.42. The molecule has 1 aromatic rings. The third-order valence-electron chi connectivity index (χ3n) is 7.86. The van der Waals surface area contributed by atoms with Gasteiger partial charge in [0.05, 0.1) is 34.7 Å². The van der Waals surface area contributed by atoms with Crippen LogP contribution in [0.2, 0.25) is 18.1 Å². The lowest BCUT2D eigenvalue weighted by molar-refractivity contribution is -0.153. The summed E-state index contributed by atoms with van der Waals surface area (Å²) in [7, 11) is -5.88. The van der Waals surface area contributed by atoms with Crippen LogP contribution in [0.25, 0.3) is 0 Å². The first-order valence-corrected chi connectivity index (χ1v) is 18.6. The molecule has 0 bridgehead atoms. The van der Waals surface area contributed by atoms with E-state index < -0.39 is 70.3 Å². The van der Waals surface area contributed by atoms with Gasteiger partial charge in [0.15, 0.2) is 0 Å². The van der Waals surface area contributed by atoms with Gasteiger partial charge >= 0.3 is 5.97 Å². The van der Waals surface area contributed by atoms with Crippen molar-refractivity contribution in [2.75, 3.05) is 18.9 Å². The molecule has 228 valence electrons. The fraction of sp³-hybridized carbons (Fsp3) is 0.741. The second-order valence-corrected chi connectivity index (χ2v) is 21.1. The molecule has 0 aliphatic carbocycles. The minimum atomic E-state index is -3.62. The number of halogens is 4. The van der Waals surface area contributed by atoms with Crippen molar-refractivity contribution in [1.29, 1.82) is 0 Å². The van der Waals surface area contributed by atoms with Gasteiger partial charge in [-0.1, -0.05) is 38.9 Å². The lowest BCUT2D eigenvalue weighted by atomic mass is 9.95. The predicted octanol–water partition coefficient (Wildman–Crippen LogP) is 5.97. The smallest absolute Gasteiger partial charge is 0.312 e. The molecule has 0 aromatic carbocycles. The molecule has 2 rings (SSSR count). The second kappa shape index (κ2) is 12.1. The SMILES string of the molecule is CC[Si](CC)(CC)c1cc(Br)nc([C@]2(C)C[S@](=O)(=NCC(F)(F)CO)C(C)(C)C(CC(=O)OC(C)(C)C)=N2)c1F. The maximum atomic E-state index is 16.5. The van der Waals surface area contributed by atoms with E-state index in [0.717, 1.165) is 18.1 Å². The maximum absolute atomic E-state index is 16.5. The van der Waals surface area contributed by atoms with Crippen LogP contribution >= 0.6 is 15.9 Å². The molecule has 2 heterocycles. The van der Waals surface area contributed by atoms with Gasteiger partial charge in [0.2, 0.25) is 0 Å². The third kappa shape index (κ3) is 7.18. The third-order valence-corrected chi connectivity index (χ3v) is 17.2. The molecule has 2 atom stereocenters. The van der Waals surface area contributed by atoms with Gasteiger partial charge in [0, 0.05) is 5.71 Å². The van der Waals surface area contributed by atoms with E-state index in [2.05, 4.69) is 25.3 Å². The maximum Gasteiger partial charge on any atom is 0.312 e. The summed E-state index contributed by atoms with van der Waals surface area (Å²) in [5.41, 5.74) is -2.36. The predicted molar refractivity (Wildman–Crippen MR) is 160 cm³/mol. The summed E-state index contributed by atoms with van der Waals surface area (Å²) in [5.74, 6) is -5.20. The van der Waals surface area contributed by atoms with Gasteiger partial charge in [0.25, 0.3) is 5.92 Å². The molecule has 1 N–H and O–H groups in total. The molecule has 1 aliphatic rings. The minimum Gasteiger partial charge on any atom is -0.460 e. The number of aromatic nitrogens is 1. The number of carbonyl (C=O) groups excluding carboxylic acids is 1. The molecule has 1 aromatic heterocycles. The first-order valence-electron chi connectivity index (χ1n) is 13.5. The van der Waals surface area contributed by atoms with Crippen molar-refractivity contribution in [2.24, 2.45) is 9.36 Å². The van der Waals surface area contributed by atoms with Gasteiger partial charge in [-0.2, -0.15) is 0 Å². The highest BCUT2D eigenvalue weighted by Crippen LogP contribution is 2.41. The summed E-state index contributed by atoms with van der Waals surface area (Å²) in [6.07, 6.45) is -0.386. The fourth-order valence-electron chi connectivity index (χ4n) is 5.12. The van der Waals surface area contributed by atoms with Crippen LogP contribution < -0.4 is 5.19 Å². The zero-order valence-corrected chi connectivity index (χ0v) is 28.4. The van der Waals surface area contributed by atoms with E-state index in [-0.39, 0.29) is 17.8 Å². The summed E-state index contributed by atoms with van der Waals surface area (Å²) in [6, 6.07) is 4.09. The Kier molecular flexibility index (Phi) is 10.6. The molecule has 0 radical (unpaired) electrons. The lowest BCUT2D eigenvalue weighted by Crippen LogP contribution is -2.54. The molecular formula is C27H43BrF3N3O4SSi. The molecule has 0 amide bonds. The number of rotatable bonds is 10. The minimum absolute atomic E-state index is 0.0712. The molecule has 7 nitrogen and oxygen atoms in total. The van der Waals surface area contributed by atoms with E-state index in [0.29, 0.717) is 9.79 Å². The van der Waals surface area contributed by atoms with Crippen molar-refractivity contribution in [3.63, 3.8) is 0 Å². The van der Waals surface area contributed by atoms with Crippen LogP contribution in [0.15, 0.2) is 20.0 Å². The average Bonchev–Trinajstić information content (AvgIpc) is 2.83. The van der Waals surface area contributed by atoms with E-state index in [9.17, 15) is 17.8 Å². The summed E-state index contributed by atoms with van der Waals surface area (Å²) in [5, 5.41) is 9.66. The Hall–Kier alpha value is -1.31. The highest BCUT2D eigenvalue weighted by atomic mass is 79.9. The monoisotopic (exact) mass is 669 g/mol. The van der Waals surface area contributed by atoms with Crippen LogP contribution in [0.3, 0.4) is 0 Å². The fourth-order valence-corrected chi connectivity index (χ4v) is 12.0. The normalized spacial score (nSPS) is 23.5. The molecule has 0 unspecified atom stereocenters. The molecule has 13 heteroatoms. The van der Waals surface area contributed by atoms with Crippen molar-refractivity contribution in [3.8, 4) is 0 Å². The van der Waals surface area contributed by atoms with Gasteiger partial charge in [-0.25, -0.2) is 26.7 Å². The Labute approximate surface area is 246 Å². The molecule has 0 spiro atoms. The largest absolute Gasteiger partial charge is 0.460 e. The first-order chi connectivity index (χ1) is 18.1.